The Morgan fingerprint density at radius 1 is 0.452 bits per heavy atom. The topological polar surface area (TPSA) is 95.7 Å². The van der Waals surface area contributed by atoms with Gasteiger partial charge in [-0.3, -0.25) is 4.57 Å². The minimum Gasteiger partial charge on any atom is -0.453 e. The van der Waals surface area contributed by atoms with Gasteiger partial charge in [0.1, 0.15) is 11.4 Å². The normalized spacial score (nSPS) is 14.6. The molecule has 290 valence electrons. The van der Waals surface area contributed by atoms with E-state index in [1.54, 1.807) is 0 Å². The number of nitrogen functional groups attached to an aromatic ring is 1. The molecule has 0 saturated heterocycles. The van der Waals surface area contributed by atoms with E-state index in [9.17, 15) is 0 Å². The Kier molecular flexibility index (Phi) is 7.24. The molecule has 3 aromatic heterocycles. The quantitative estimate of drug-likeness (QED) is 0.174. The third kappa shape index (κ3) is 4.87. The van der Waals surface area contributed by atoms with E-state index in [1.165, 1.54) is 33.4 Å². The van der Waals surface area contributed by atoms with Gasteiger partial charge in [-0.25, -0.2) is 19.9 Å². The van der Waals surface area contributed by atoms with Gasteiger partial charge in [-0.2, -0.15) is 0 Å². The zero-order valence-corrected chi connectivity index (χ0v) is 33.2. The molecule has 11 aromatic rings. The van der Waals surface area contributed by atoms with Crippen LogP contribution in [0.2, 0.25) is 0 Å². The molecule has 0 fully saturated rings. The van der Waals surface area contributed by atoms with Gasteiger partial charge < -0.3 is 10.2 Å². The van der Waals surface area contributed by atoms with E-state index in [1.807, 2.05) is 78.9 Å². The number of hydrogen-bond acceptors (Lipinski definition) is 6. The molecule has 2 aliphatic carbocycles. The summed E-state index contributed by atoms with van der Waals surface area (Å²) in [6.07, 6.45) is 0. The number of nitrogens with two attached hydrogens (primary N) is 1. The maximum atomic E-state index is 6.74. The molecule has 2 aliphatic rings. The fraction of sp³-hybridized carbons (Fsp3) is 0.0182. The van der Waals surface area contributed by atoms with Crippen LogP contribution in [0.15, 0.2) is 199 Å². The maximum absolute atomic E-state index is 6.74. The highest BCUT2D eigenvalue weighted by Crippen LogP contribution is 2.64. The number of hydrogen-bond donors (Lipinski definition) is 1. The van der Waals surface area contributed by atoms with Gasteiger partial charge in [0.2, 0.25) is 0 Å². The van der Waals surface area contributed by atoms with Crippen molar-refractivity contribution in [1.82, 2.24) is 24.5 Å². The first-order valence-electron chi connectivity index (χ1n) is 20.8. The predicted octanol–water partition coefficient (Wildman–Crippen LogP) is 12.6. The van der Waals surface area contributed by atoms with E-state index >= 15 is 0 Å². The van der Waals surface area contributed by atoms with Crippen molar-refractivity contribution in [3.05, 3.63) is 216 Å². The van der Waals surface area contributed by atoms with Crippen molar-refractivity contribution in [3.63, 3.8) is 0 Å². The minimum atomic E-state index is -0.609. The van der Waals surface area contributed by atoms with Gasteiger partial charge in [-0.15, -0.1) is 0 Å². The largest absolute Gasteiger partial charge is 0.453 e. The molecule has 3 heterocycles. The monoisotopic (exact) mass is 794 g/mol. The molecule has 0 aliphatic heterocycles. The second-order valence-corrected chi connectivity index (χ2v) is 16.0. The Morgan fingerprint density at radius 2 is 1.06 bits per heavy atom. The number of rotatable bonds is 5. The first-order chi connectivity index (χ1) is 30.6. The summed E-state index contributed by atoms with van der Waals surface area (Å²) in [5.41, 5.74) is 22.8. The van der Waals surface area contributed by atoms with Crippen LogP contribution in [0.5, 0.6) is 0 Å². The lowest BCUT2D eigenvalue weighted by molar-refractivity contribution is 0.624. The van der Waals surface area contributed by atoms with Gasteiger partial charge in [0.25, 0.3) is 0 Å². The van der Waals surface area contributed by atoms with Crippen LogP contribution in [-0.4, -0.2) is 24.5 Å². The number of furan rings is 1. The number of fused-ring (bicyclic) bond motifs is 13. The van der Waals surface area contributed by atoms with Crippen LogP contribution in [0.3, 0.4) is 0 Å². The summed E-state index contributed by atoms with van der Waals surface area (Å²) in [6, 6.07) is 67.4. The Balaban J connectivity index is 1.03. The average Bonchev–Trinajstić information content (AvgIpc) is 4.09. The second-order valence-electron chi connectivity index (χ2n) is 16.0. The van der Waals surface area contributed by atoms with Crippen LogP contribution in [0.1, 0.15) is 22.3 Å². The molecule has 7 nitrogen and oxygen atoms in total. The lowest BCUT2D eigenvalue weighted by Crippen LogP contribution is -2.25. The number of benzene rings is 8. The number of para-hydroxylation sites is 3. The average molecular weight is 795 g/mol. The van der Waals surface area contributed by atoms with Crippen molar-refractivity contribution in [2.24, 2.45) is 0 Å². The van der Waals surface area contributed by atoms with Crippen molar-refractivity contribution >= 4 is 27.7 Å². The molecule has 13 rings (SSSR count). The van der Waals surface area contributed by atoms with Gasteiger partial charge in [0.15, 0.2) is 23.2 Å². The minimum absolute atomic E-state index is 0.466. The molecular weight excluding hydrogens is 761 g/mol. The van der Waals surface area contributed by atoms with Crippen LogP contribution < -0.4 is 5.73 Å². The van der Waals surface area contributed by atoms with Gasteiger partial charge in [0, 0.05) is 33.5 Å². The summed E-state index contributed by atoms with van der Waals surface area (Å²) in [5.74, 6) is 3.09. The van der Waals surface area contributed by atoms with E-state index in [4.69, 9.17) is 30.1 Å². The van der Waals surface area contributed by atoms with Crippen LogP contribution in [0, 0.1) is 0 Å². The zero-order chi connectivity index (χ0) is 40.9. The molecule has 8 aromatic carbocycles. The van der Waals surface area contributed by atoms with Gasteiger partial charge >= 0.3 is 0 Å². The maximum Gasteiger partial charge on any atom is 0.199 e. The zero-order valence-electron chi connectivity index (χ0n) is 33.2. The van der Waals surface area contributed by atoms with Crippen LogP contribution in [0.25, 0.3) is 95.7 Å². The van der Waals surface area contributed by atoms with Crippen LogP contribution in [0.4, 0.5) is 5.69 Å². The summed E-state index contributed by atoms with van der Waals surface area (Å²) in [4.78, 5) is 20.2. The van der Waals surface area contributed by atoms with Crippen molar-refractivity contribution in [3.8, 4) is 73.7 Å². The lowest BCUT2D eigenvalue weighted by Gasteiger charge is -2.30. The van der Waals surface area contributed by atoms with E-state index in [2.05, 4.69) is 120 Å². The Hall–Kier alpha value is -8.42. The molecule has 0 amide bonds. The van der Waals surface area contributed by atoms with E-state index in [0.29, 0.717) is 28.9 Å². The van der Waals surface area contributed by atoms with Crippen molar-refractivity contribution in [2.75, 3.05) is 5.73 Å². The number of anilines is 1. The second kappa shape index (κ2) is 13.0. The molecule has 0 radical (unpaired) electrons. The summed E-state index contributed by atoms with van der Waals surface area (Å²) >= 11 is 0. The molecule has 2 N–H and O–H groups in total. The third-order valence-electron chi connectivity index (χ3n) is 12.6. The standard InChI is InChI=1S/C55H34N6O/c56-36-25-27-44-40(31-36)50-41-32-49(53-59-51(33-14-4-1-5-15-33)58-52(60-53)34-16-6-2-7-17-34)62-48(41)29-28-45(50)55(44)42-21-11-10-20-38(42)39-30-35(24-26-43(39)55)54-57-46-22-12-13-23-47(46)61(54)37-18-8-3-9-19-37/h1-32H,56H2. The Labute approximate surface area is 356 Å². The number of imidazole rings is 1. The molecule has 1 atom stereocenters. The first-order valence-corrected chi connectivity index (χ1v) is 20.8. The van der Waals surface area contributed by atoms with Crippen molar-refractivity contribution in [1.29, 1.82) is 0 Å². The van der Waals surface area contributed by atoms with Gasteiger partial charge in [0.05, 0.1) is 16.4 Å². The third-order valence-corrected chi connectivity index (χ3v) is 12.6. The van der Waals surface area contributed by atoms with E-state index in [-0.39, 0.29) is 0 Å². The van der Waals surface area contributed by atoms with Crippen molar-refractivity contribution in [2.45, 2.75) is 5.41 Å². The highest BCUT2D eigenvalue weighted by molar-refractivity contribution is 6.06. The summed E-state index contributed by atoms with van der Waals surface area (Å²) < 4.78 is 9.01. The van der Waals surface area contributed by atoms with E-state index < -0.39 is 5.41 Å². The van der Waals surface area contributed by atoms with Crippen molar-refractivity contribution < 1.29 is 4.42 Å². The highest BCUT2D eigenvalue weighted by Gasteiger charge is 2.52. The fourth-order valence-electron chi connectivity index (χ4n) is 10.0. The SMILES string of the molecule is Nc1ccc2c(c1)-c1c(ccc3oc(-c4nc(-c5ccccc5)nc(-c5ccccc5)n4)cc13)C21c2ccccc2-c2cc(-c3nc4ccccc4n3-c3ccccc3)ccc21. The molecule has 62 heavy (non-hydrogen) atoms. The Morgan fingerprint density at radius 3 is 1.84 bits per heavy atom. The molecule has 0 bridgehead atoms. The summed E-state index contributed by atoms with van der Waals surface area (Å²) in [5, 5.41) is 0.975. The van der Waals surface area contributed by atoms with Crippen LogP contribution in [-0.2, 0) is 5.41 Å². The fourth-order valence-corrected chi connectivity index (χ4v) is 10.0. The predicted molar refractivity (Wildman–Crippen MR) is 247 cm³/mol. The highest BCUT2D eigenvalue weighted by atomic mass is 16.3. The first kappa shape index (κ1) is 34.4. The molecule has 1 unspecified atom stereocenters. The summed E-state index contributed by atoms with van der Waals surface area (Å²) in [7, 11) is 0. The molecule has 7 heteroatoms. The Bertz CT molecular complexity index is 3540. The molecular formula is C55H34N6O. The lowest BCUT2D eigenvalue weighted by atomic mass is 9.70. The smallest absolute Gasteiger partial charge is 0.199 e. The molecule has 0 saturated carbocycles. The van der Waals surface area contributed by atoms with Gasteiger partial charge in [-0.1, -0.05) is 140 Å². The number of nitrogens with zero attached hydrogens (tertiary/aromatic N) is 5. The number of aromatic nitrogens is 5. The van der Waals surface area contributed by atoms with E-state index in [0.717, 1.165) is 61.3 Å². The summed E-state index contributed by atoms with van der Waals surface area (Å²) in [6.45, 7) is 0. The molecule has 1 spiro atoms. The van der Waals surface area contributed by atoms with Gasteiger partial charge in [-0.05, 0) is 99.1 Å². The van der Waals surface area contributed by atoms with Crippen LogP contribution >= 0.6 is 0 Å².